The van der Waals surface area contributed by atoms with Crippen molar-refractivity contribution in [2.24, 2.45) is 5.92 Å². The molecule has 0 aliphatic heterocycles. The normalized spacial score (nSPS) is 11.8. The monoisotopic (exact) mass is 322 g/mol. The molecule has 1 aromatic rings. The van der Waals surface area contributed by atoms with Crippen molar-refractivity contribution in [2.75, 3.05) is 20.8 Å². The zero-order chi connectivity index (χ0) is 17.1. The molecular formula is C19H30O4. The molecule has 1 aromatic carbocycles. The molecule has 0 radical (unpaired) electrons. The van der Waals surface area contributed by atoms with E-state index >= 15 is 0 Å². The van der Waals surface area contributed by atoms with Gasteiger partial charge in [0.15, 0.2) is 11.5 Å². The number of hydrogen-bond donors (Lipinski definition) is 0. The van der Waals surface area contributed by atoms with Gasteiger partial charge in [0.05, 0.1) is 26.7 Å². The molecule has 0 spiro atoms. The molecule has 0 aliphatic rings. The maximum Gasteiger partial charge on any atom is 0.309 e. The van der Waals surface area contributed by atoms with Gasteiger partial charge in [0.2, 0.25) is 0 Å². The molecule has 0 amide bonds. The quantitative estimate of drug-likeness (QED) is 0.447. The fraction of sp³-hybridized carbons (Fsp3) is 0.632. The van der Waals surface area contributed by atoms with Crippen molar-refractivity contribution >= 4 is 5.97 Å². The zero-order valence-corrected chi connectivity index (χ0v) is 14.9. The number of carbonyl (C=O) groups is 1. The van der Waals surface area contributed by atoms with Gasteiger partial charge in [0.25, 0.3) is 0 Å². The summed E-state index contributed by atoms with van der Waals surface area (Å²) in [6.45, 7) is 4.72. The van der Waals surface area contributed by atoms with Crippen molar-refractivity contribution in [1.29, 1.82) is 0 Å². The highest BCUT2D eigenvalue weighted by atomic mass is 16.5. The Bertz CT molecular complexity index is 470. The van der Waals surface area contributed by atoms with Crippen molar-refractivity contribution in [2.45, 2.75) is 52.4 Å². The molecule has 0 aliphatic carbocycles. The number of rotatable bonds is 11. The molecule has 0 N–H and O–H groups in total. The molecule has 1 atom stereocenters. The van der Waals surface area contributed by atoms with Gasteiger partial charge in [-0.05, 0) is 37.0 Å². The summed E-state index contributed by atoms with van der Waals surface area (Å²) in [5, 5.41) is 0. The molecule has 4 heteroatoms. The zero-order valence-electron chi connectivity index (χ0n) is 14.9. The predicted molar refractivity (Wildman–Crippen MR) is 92.1 cm³/mol. The van der Waals surface area contributed by atoms with Crippen LogP contribution in [0, 0.1) is 5.92 Å². The lowest BCUT2D eigenvalue weighted by Crippen LogP contribution is -2.20. The van der Waals surface area contributed by atoms with Crippen LogP contribution in [0.25, 0.3) is 0 Å². The van der Waals surface area contributed by atoms with Crippen LogP contribution in [0.1, 0.15) is 51.5 Å². The number of carbonyl (C=O) groups excluding carboxylic acids is 1. The summed E-state index contributed by atoms with van der Waals surface area (Å²) < 4.78 is 16.0. The van der Waals surface area contributed by atoms with Crippen molar-refractivity contribution in [3.8, 4) is 11.5 Å². The number of benzene rings is 1. The molecule has 0 heterocycles. The van der Waals surface area contributed by atoms with Gasteiger partial charge >= 0.3 is 5.97 Å². The van der Waals surface area contributed by atoms with Crippen LogP contribution in [0.3, 0.4) is 0 Å². The molecule has 1 rings (SSSR count). The third-order valence-electron chi connectivity index (χ3n) is 4.00. The summed E-state index contributed by atoms with van der Waals surface area (Å²) in [5.41, 5.74) is 1.05. The van der Waals surface area contributed by atoms with Gasteiger partial charge in [-0.15, -0.1) is 0 Å². The summed E-state index contributed by atoms with van der Waals surface area (Å²) in [4.78, 5) is 12.2. The van der Waals surface area contributed by atoms with E-state index < -0.39 is 0 Å². The number of esters is 1. The number of unbranched alkanes of at least 4 members (excludes halogenated alkanes) is 3. The smallest absolute Gasteiger partial charge is 0.309 e. The maximum absolute atomic E-state index is 12.2. The largest absolute Gasteiger partial charge is 0.493 e. The van der Waals surface area contributed by atoms with Gasteiger partial charge in [0.1, 0.15) is 0 Å². The molecule has 0 bridgehead atoms. The molecule has 1 unspecified atom stereocenters. The van der Waals surface area contributed by atoms with E-state index in [4.69, 9.17) is 14.2 Å². The van der Waals surface area contributed by atoms with E-state index in [0.717, 1.165) is 24.8 Å². The molecule has 0 saturated carbocycles. The number of ether oxygens (including phenoxy) is 3. The second-order valence-electron chi connectivity index (χ2n) is 5.73. The Morgan fingerprint density at radius 1 is 1.04 bits per heavy atom. The first-order valence-corrected chi connectivity index (χ1v) is 8.53. The summed E-state index contributed by atoms with van der Waals surface area (Å²) in [6.07, 6.45) is 5.88. The highest BCUT2D eigenvalue weighted by Crippen LogP contribution is 2.29. The van der Waals surface area contributed by atoms with E-state index in [2.05, 4.69) is 6.92 Å². The van der Waals surface area contributed by atoms with Gasteiger partial charge in [-0.2, -0.15) is 0 Å². The Morgan fingerprint density at radius 3 is 2.39 bits per heavy atom. The molecular weight excluding hydrogens is 292 g/mol. The topological polar surface area (TPSA) is 44.8 Å². The van der Waals surface area contributed by atoms with Crippen LogP contribution < -0.4 is 9.47 Å². The Labute approximate surface area is 140 Å². The predicted octanol–water partition coefficient (Wildman–Crippen LogP) is 4.40. The maximum atomic E-state index is 12.2. The fourth-order valence-electron chi connectivity index (χ4n) is 2.51. The summed E-state index contributed by atoms with van der Waals surface area (Å²) >= 11 is 0. The van der Waals surface area contributed by atoms with Gasteiger partial charge in [-0.25, -0.2) is 0 Å². The molecule has 0 fully saturated rings. The van der Waals surface area contributed by atoms with Crippen LogP contribution in [0.5, 0.6) is 11.5 Å². The van der Waals surface area contributed by atoms with Crippen molar-refractivity contribution in [3.63, 3.8) is 0 Å². The fourth-order valence-corrected chi connectivity index (χ4v) is 2.51. The Hall–Kier alpha value is -1.71. The van der Waals surface area contributed by atoms with Gasteiger partial charge in [-0.3, -0.25) is 4.79 Å². The van der Waals surface area contributed by atoms with Crippen molar-refractivity contribution in [3.05, 3.63) is 23.8 Å². The van der Waals surface area contributed by atoms with Crippen molar-refractivity contribution in [1.82, 2.24) is 0 Å². The average Bonchev–Trinajstić information content (AvgIpc) is 2.58. The Kier molecular flexibility index (Phi) is 9.18. The van der Waals surface area contributed by atoms with Crippen LogP contribution in [0.15, 0.2) is 18.2 Å². The Morgan fingerprint density at radius 2 is 1.78 bits per heavy atom. The van der Waals surface area contributed by atoms with E-state index in [1.807, 2.05) is 25.1 Å². The second kappa shape index (κ2) is 10.9. The van der Waals surface area contributed by atoms with Crippen LogP contribution >= 0.6 is 0 Å². The van der Waals surface area contributed by atoms with E-state index in [1.54, 1.807) is 14.2 Å². The van der Waals surface area contributed by atoms with E-state index in [1.165, 1.54) is 12.8 Å². The van der Waals surface area contributed by atoms with Crippen LogP contribution in [-0.4, -0.2) is 26.8 Å². The van der Waals surface area contributed by atoms with Crippen LogP contribution in [0.2, 0.25) is 0 Å². The highest BCUT2D eigenvalue weighted by Gasteiger charge is 2.19. The summed E-state index contributed by atoms with van der Waals surface area (Å²) in [5.74, 6) is 1.17. The van der Waals surface area contributed by atoms with E-state index in [-0.39, 0.29) is 11.9 Å². The summed E-state index contributed by atoms with van der Waals surface area (Å²) in [6, 6.07) is 5.77. The number of methoxy groups -OCH3 is 2. The SMILES string of the molecule is CCCCCCOC(=O)C(CC)Cc1ccc(OC)c(OC)c1. The first-order valence-electron chi connectivity index (χ1n) is 8.53. The second-order valence-corrected chi connectivity index (χ2v) is 5.73. The third kappa shape index (κ3) is 6.51. The minimum atomic E-state index is -0.112. The minimum absolute atomic E-state index is 0.0983. The van der Waals surface area contributed by atoms with Crippen molar-refractivity contribution < 1.29 is 19.0 Å². The highest BCUT2D eigenvalue weighted by molar-refractivity contribution is 5.72. The van der Waals surface area contributed by atoms with Gasteiger partial charge < -0.3 is 14.2 Å². The first kappa shape index (κ1) is 19.3. The molecule has 23 heavy (non-hydrogen) atoms. The van der Waals surface area contributed by atoms with Crippen LogP contribution in [-0.2, 0) is 16.0 Å². The van der Waals surface area contributed by atoms with Gasteiger partial charge in [0, 0.05) is 0 Å². The molecule has 0 aromatic heterocycles. The molecule has 0 saturated heterocycles. The first-order chi connectivity index (χ1) is 11.2. The van der Waals surface area contributed by atoms with E-state index in [0.29, 0.717) is 24.5 Å². The lowest BCUT2D eigenvalue weighted by Gasteiger charge is -2.15. The lowest BCUT2D eigenvalue weighted by atomic mass is 9.96. The Balaban J connectivity index is 2.56. The number of hydrogen-bond acceptors (Lipinski definition) is 4. The standard InChI is InChI=1S/C19H30O4/c1-5-7-8-9-12-23-19(20)16(6-2)13-15-10-11-17(21-3)18(14-15)22-4/h10-11,14,16H,5-9,12-13H2,1-4H3. The molecule has 4 nitrogen and oxygen atoms in total. The molecule has 130 valence electrons. The van der Waals surface area contributed by atoms with Crippen LogP contribution in [0.4, 0.5) is 0 Å². The average molecular weight is 322 g/mol. The van der Waals surface area contributed by atoms with Gasteiger partial charge in [-0.1, -0.05) is 39.2 Å². The van der Waals surface area contributed by atoms with E-state index in [9.17, 15) is 4.79 Å². The lowest BCUT2D eigenvalue weighted by molar-refractivity contribution is -0.148. The summed E-state index contributed by atoms with van der Waals surface area (Å²) in [7, 11) is 3.23. The third-order valence-corrected chi connectivity index (χ3v) is 4.00. The minimum Gasteiger partial charge on any atom is -0.493 e.